The highest BCUT2D eigenvalue weighted by Crippen LogP contribution is 2.30. The van der Waals surface area contributed by atoms with Crippen molar-refractivity contribution >= 4 is 17.6 Å². The lowest BCUT2D eigenvalue weighted by Crippen LogP contribution is -2.41. The Bertz CT molecular complexity index is 848. The molecule has 8 heteroatoms. The molecule has 1 saturated heterocycles. The van der Waals surface area contributed by atoms with Crippen LogP contribution in [-0.4, -0.2) is 40.1 Å². The van der Waals surface area contributed by atoms with Crippen molar-refractivity contribution < 1.29 is 14.1 Å². The fourth-order valence-electron chi connectivity index (χ4n) is 3.35. The normalized spacial score (nSPS) is 16.7. The summed E-state index contributed by atoms with van der Waals surface area (Å²) in [6.07, 6.45) is 3.63. The smallest absolute Gasteiger partial charge is 0.322 e. The van der Waals surface area contributed by atoms with Crippen molar-refractivity contribution in [3.63, 3.8) is 0 Å². The van der Waals surface area contributed by atoms with Gasteiger partial charge in [0, 0.05) is 24.3 Å². The number of hydrogen-bond donors (Lipinski definition) is 2. The summed E-state index contributed by atoms with van der Waals surface area (Å²) in [5.74, 6) is 0.936. The number of rotatable bonds is 5. The molecule has 0 saturated carbocycles. The van der Waals surface area contributed by atoms with Crippen LogP contribution in [0.15, 0.2) is 22.7 Å². The second-order valence-electron chi connectivity index (χ2n) is 7.10. The molecule has 0 spiro atoms. The van der Waals surface area contributed by atoms with Gasteiger partial charge < -0.3 is 20.1 Å². The highest BCUT2D eigenvalue weighted by atomic mass is 16.5. The number of carbonyl (C=O) groups excluding carboxylic acids is 2. The van der Waals surface area contributed by atoms with Crippen LogP contribution >= 0.6 is 0 Å². The van der Waals surface area contributed by atoms with Crippen LogP contribution in [0.5, 0.6) is 0 Å². The highest BCUT2D eigenvalue weighted by molar-refractivity contribution is 5.96. The maximum atomic E-state index is 12.9. The largest absolute Gasteiger partial charge is 0.352 e. The van der Waals surface area contributed by atoms with Gasteiger partial charge in [0.05, 0.1) is 0 Å². The number of amides is 3. The van der Waals surface area contributed by atoms with E-state index in [1.54, 1.807) is 30.0 Å². The molecule has 1 aliphatic rings. The van der Waals surface area contributed by atoms with E-state index >= 15 is 0 Å². The average molecular weight is 385 g/mol. The summed E-state index contributed by atoms with van der Waals surface area (Å²) < 4.78 is 5.31. The minimum absolute atomic E-state index is 0.106. The summed E-state index contributed by atoms with van der Waals surface area (Å²) in [5.41, 5.74) is 2.10. The third kappa shape index (κ3) is 4.49. The number of nitrogens with zero attached hydrogens (tertiary/aromatic N) is 3. The first-order valence-corrected chi connectivity index (χ1v) is 9.76. The molecule has 0 aliphatic carbocycles. The summed E-state index contributed by atoms with van der Waals surface area (Å²) in [7, 11) is 0. The summed E-state index contributed by atoms with van der Waals surface area (Å²) in [6.45, 7) is 6.92. The number of benzene rings is 1. The van der Waals surface area contributed by atoms with Gasteiger partial charge in [-0.3, -0.25) is 4.79 Å². The second kappa shape index (κ2) is 8.86. The van der Waals surface area contributed by atoms with Gasteiger partial charge in [0.2, 0.25) is 5.89 Å². The molecule has 8 nitrogen and oxygen atoms in total. The standard InChI is InChI=1S/C20H27N5O3/c1-4-10-21-18(26)15-8-9-16(13(2)12-15)23-20(27)25-11-6-5-7-17(25)19-22-14(3)24-28-19/h8-9,12,17H,4-7,10-11H2,1-3H3,(H,21,26)(H,23,27). The summed E-state index contributed by atoms with van der Waals surface area (Å²) in [5, 5.41) is 9.67. The SMILES string of the molecule is CCCNC(=O)c1ccc(NC(=O)N2CCCCC2c2nc(C)no2)c(C)c1. The Morgan fingerprint density at radius 2 is 2.11 bits per heavy atom. The topological polar surface area (TPSA) is 100 Å². The van der Waals surface area contributed by atoms with E-state index in [0.29, 0.717) is 36.1 Å². The zero-order chi connectivity index (χ0) is 20.1. The molecular weight excluding hydrogens is 358 g/mol. The summed E-state index contributed by atoms with van der Waals surface area (Å²) in [4.78, 5) is 31.1. The first-order valence-electron chi connectivity index (χ1n) is 9.76. The molecule has 1 atom stereocenters. The predicted molar refractivity (Wildman–Crippen MR) is 105 cm³/mol. The third-order valence-electron chi connectivity index (χ3n) is 4.86. The number of nitrogens with one attached hydrogen (secondary N) is 2. The molecule has 150 valence electrons. The van der Waals surface area contributed by atoms with E-state index in [0.717, 1.165) is 31.2 Å². The van der Waals surface area contributed by atoms with E-state index in [1.165, 1.54) is 0 Å². The van der Waals surface area contributed by atoms with Gasteiger partial charge in [-0.15, -0.1) is 0 Å². The average Bonchev–Trinajstić information content (AvgIpc) is 3.13. The van der Waals surface area contributed by atoms with Crippen molar-refractivity contribution in [1.29, 1.82) is 0 Å². The Morgan fingerprint density at radius 3 is 2.79 bits per heavy atom. The zero-order valence-corrected chi connectivity index (χ0v) is 16.6. The maximum Gasteiger partial charge on any atom is 0.322 e. The molecule has 1 fully saturated rings. The molecule has 3 amide bonds. The molecule has 1 aliphatic heterocycles. The van der Waals surface area contributed by atoms with Gasteiger partial charge in [0.25, 0.3) is 5.91 Å². The molecule has 1 aromatic carbocycles. The van der Waals surface area contributed by atoms with Gasteiger partial charge in [-0.2, -0.15) is 4.98 Å². The number of hydrogen-bond acceptors (Lipinski definition) is 5. The van der Waals surface area contributed by atoms with Crippen molar-refractivity contribution in [2.45, 2.75) is 52.5 Å². The number of urea groups is 1. The number of piperidine rings is 1. The van der Waals surface area contributed by atoms with Crippen molar-refractivity contribution in [2.75, 3.05) is 18.4 Å². The molecule has 3 rings (SSSR count). The van der Waals surface area contributed by atoms with Gasteiger partial charge in [-0.25, -0.2) is 4.79 Å². The van der Waals surface area contributed by atoms with Gasteiger partial charge in [0.15, 0.2) is 5.82 Å². The Labute approximate surface area is 164 Å². The summed E-state index contributed by atoms with van der Waals surface area (Å²) >= 11 is 0. The van der Waals surface area contributed by atoms with Gasteiger partial charge in [-0.1, -0.05) is 12.1 Å². The molecule has 2 aromatic rings. The van der Waals surface area contributed by atoms with Gasteiger partial charge in [0.1, 0.15) is 6.04 Å². The molecule has 0 radical (unpaired) electrons. The second-order valence-corrected chi connectivity index (χ2v) is 7.10. The highest BCUT2D eigenvalue weighted by Gasteiger charge is 2.32. The van der Waals surface area contributed by atoms with Gasteiger partial charge >= 0.3 is 6.03 Å². The Hall–Kier alpha value is -2.90. The van der Waals surface area contributed by atoms with Crippen molar-refractivity contribution in [3.8, 4) is 0 Å². The van der Waals surface area contributed by atoms with Crippen LogP contribution in [0.4, 0.5) is 10.5 Å². The number of carbonyl (C=O) groups is 2. The molecule has 2 N–H and O–H groups in total. The number of anilines is 1. The number of aromatic nitrogens is 2. The Balaban J connectivity index is 1.71. The number of likely N-dealkylation sites (tertiary alicyclic amines) is 1. The van der Waals surface area contributed by atoms with E-state index in [2.05, 4.69) is 20.8 Å². The Morgan fingerprint density at radius 1 is 1.29 bits per heavy atom. The molecule has 2 heterocycles. The van der Waals surface area contributed by atoms with E-state index in [9.17, 15) is 9.59 Å². The lowest BCUT2D eigenvalue weighted by atomic mass is 10.0. The molecule has 28 heavy (non-hydrogen) atoms. The van der Waals surface area contributed by atoms with Crippen LogP contribution in [-0.2, 0) is 0 Å². The van der Waals surface area contributed by atoms with Crippen LogP contribution < -0.4 is 10.6 Å². The van der Waals surface area contributed by atoms with E-state index < -0.39 is 0 Å². The first-order chi connectivity index (χ1) is 13.5. The van der Waals surface area contributed by atoms with E-state index in [4.69, 9.17) is 4.52 Å². The van der Waals surface area contributed by atoms with Crippen LogP contribution in [0.1, 0.15) is 66.3 Å². The predicted octanol–water partition coefficient (Wildman–Crippen LogP) is 3.59. The van der Waals surface area contributed by atoms with E-state index in [1.807, 2.05) is 13.8 Å². The fraction of sp³-hybridized carbons (Fsp3) is 0.500. The van der Waals surface area contributed by atoms with Crippen molar-refractivity contribution in [1.82, 2.24) is 20.4 Å². The molecular formula is C20H27N5O3. The van der Waals surface area contributed by atoms with Crippen LogP contribution in [0, 0.1) is 13.8 Å². The monoisotopic (exact) mass is 385 g/mol. The third-order valence-corrected chi connectivity index (χ3v) is 4.86. The van der Waals surface area contributed by atoms with Gasteiger partial charge in [-0.05, 0) is 63.3 Å². The van der Waals surface area contributed by atoms with Crippen molar-refractivity contribution in [2.24, 2.45) is 0 Å². The fourth-order valence-corrected chi connectivity index (χ4v) is 3.35. The zero-order valence-electron chi connectivity index (χ0n) is 16.6. The lowest BCUT2D eigenvalue weighted by molar-refractivity contribution is 0.0953. The minimum atomic E-state index is -0.214. The minimum Gasteiger partial charge on any atom is -0.352 e. The van der Waals surface area contributed by atoms with Crippen LogP contribution in [0.2, 0.25) is 0 Å². The Kier molecular flexibility index (Phi) is 6.28. The molecule has 1 unspecified atom stereocenters. The van der Waals surface area contributed by atoms with E-state index in [-0.39, 0.29) is 18.0 Å². The quantitative estimate of drug-likeness (QED) is 0.819. The first kappa shape index (κ1) is 19.9. The molecule has 0 bridgehead atoms. The van der Waals surface area contributed by atoms with Crippen molar-refractivity contribution in [3.05, 3.63) is 41.0 Å². The molecule has 1 aromatic heterocycles. The number of aryl methyl sites for hydroxylation is 2. The lowest BCUT2D eigenvalue weighted by Gasteiger charge is -2.33. The van der Waals surface area contributed by atoms with Crippen LogP contribution in [0.25, 0.3) is 0 Å². The van der Waals surface area contributed by atoms with Crippen LogP contribution in [0.3, 0.4) is 0 Å². The summed E-state index contributed by atoms with van der Waals surface area (Å²) in [6, 6.07) is 4.86. The maximum absolute atomic E-state index is 12.9.